The molecule has 0 saturated carbocycles. The van der Waals surface area contributed by atoms with E-state index in [0.29, 0.717) is 26.2 Å². The highest BCUT2D eigenvalue weighted by Crippen LogP contribution is 2.25. The Kier molecular flexibility index (Phi) is 7.17. The Balaban J connectivity index is 1.54. The van der Waals surface area contributed by atoms with E-state index < -0.39 is 6.29 Å². The lowest BCUT2D eigenvalue weighted by Crippen LogP contribution is -2.52. The van der Waals surface area contributed by atoms with E-state index in [4.69, 9.17) is 18.9 Å². The molecule has 0 spiro atoms. The molecular formula is C21H26O5. The van der Waals surface area contributed by atoms with Gasteiger partial charge in [-0.2, -0.15) is 0 Å². The Morgan fingerprint density at radius 3 is 2.19 bits per heavy atom. The predicted molar refractivity (Wildman–Crippen MR) is 97.4 cm³/mol. The summed E-state index contributed by atoms with van der Waals surface area (Å²) in [5.41, 5.74) is 2.18. The summed E-state index contributed by atoms with van der Waals surface area (Å²) in [4.78, 5) is 0. The SMILES string of the molecule is CO[C@H]1[C@H](OCc2ccccc2)CC(O)O[C@@H]1COCc1ccccc1. The second-order valence-corrected chi connectivity index (χ2v) is 6.40. The fourth-order valence-electron chi connectivity index (χ4n) is 3.15. The van der Waals surface area contributed by atoms with Gasteiger partial charge in [0.2, 0.25) is 0 Å². The lowest BCUT2D eigenvalue weighted by Gasteiger charge is -2.39. The van der Waals surface area contributed by atoms with Gasteiger partial charge in [-0.25, -0.2) is 0 Å². The van der Waals surface area contributed by atoms with Gasteiger partial charge in [0.05, 0.1) is 25.9 Å². The number of hydrogen-bond donors (Lipinski definition) is 1. The van der Waals surface area contributed by atoms with Crippen molar-refractivity contribution in [3.63, 3.8) is 0 Å². The van der Waals surface area contributed by atoms with Crippen molar-refractivity contribution in [2.24, 2.45) is 0 Å². The fraction of sp³-hybridized carbons (Fsp3) is 0.429. The Labute approximate surface area is 154 Å². The summed E-state index contributed by atoms with van der Waals surface area (Å²) < 4.78 is 23.0. The molecule has 5 heteroatoms. The van der Waals surface area contributed by atoms with E-state index in [2.05, 4.69) is 0 Å². The third-order valence-electron chi connectivity index (χ3n) is 4.47. The van der Waals surface area contributed by atoms with Crippen LogP contribution in [0, 0.1) is 0 Å². The van der Waals surface area contributed by atoms with E-state index in [1.165, 1.54) is 0 Å². The summed E-state index contributed by atoms with van der Waals surface area (Å²) in [6.07, 6.45) is -1.44. The van der Waals surface area contributed by atoms with Gasteiger partial charge in [-0.3, -0.25) is 0 Å². The standard InChI is InChI=1S/C21H26O5/c1-23-21-18(25-14-17-10-6-3-7-11-17)12-20(22)26-19(21)15-24-13-16-8-4-2-5-9-16/h2-11,18-22H,12-15H2,1H3/t18-,19-,20?,21+/m1/s1. The Morgan fingerprint density at radius 1 is 0.962 bits per heavy atom. The summed E-state index contributed by atoms with van der Waals surface area (Å²) in [5, 5.41) is 10.1. The van der Waals surface area contributed by atoms with Crippen LogP contribution in [0.2, 0.25) is 0 Å². The molecule has 4 atom stereocenters. The minimum absolute atomic E-state index is 0.255. The number of hydrogen-bond acceptors (Lipinski definition) is 5. The number of aliphatic hydroxyl groups excluding tert-OH is 1. The summed E-state index contributed by atoms with van der Waals surface area (Å²) >= 11 is 0. The van der Waals surface area contributed by atoms with E-state index >= 15 is 0 Å². The monoisotopic (exact) mass is 358 g/mol. The van der Waals surface area contributed by atoms with Gasteiger partial charge in [0, 0.05) is 13.5 Å². The van der Waals surface area contributed by atoms with Gasteiger partial charge >= 0.3 is 0 Å². The molecule has 3 rings (SSSR count). The number of rotatable bonds is 8. The van der Waals surface area contributed by atoms with Crippen LogP contribution in [-0.4, -0.2) is 43.4 Å². The molecule has 5 nitrogen and oxygen atoms in total. The zero-order chi connectivity index (χ0) is 18.2. The van der Waals surface area contributed by atoms with E-state index in [1.807, 2.05) is 60.7 Å². The number of ether oxygens (including phenoxy) is 4. The van der Waals surface area contributed by atoms with Crippen molar-refractivity contribution in [3.8, 4) is 0 Å². The maximum Gasteiger partial charge on any atom is 0.157 e. The van der Waals surface area contributed by atoms with Crippen molar-refractivity contribution >= 4 is 0 Å². The summed E-state index contributed by atoms with van der Waals surface area (Å²) in [7, 11) is 1.63. The average Bonchev–Trinajstić information content (AvgIpc) is 2.68. The van der Waals surface area contributed by atoms with Gasteiger partial charge in [-0.15, -0.1) is 0 Å². The van der Waals surface area contributed by atoms with Crippen LogP contribution in [-0.2, 0) is 32.2 Å². The van der Waals surface area contributed by atoms with Crippen molar-refractivity contribution in [1.82, 2.24) is 0 Å². The van der Waals surface area contributed by atoms with Gasteiger partial charge < -0.3 is 24.1 Å². The molecule has 0 aromatic heterocycles. The summed E-state index contributed by atoms with van der Waals surface area (Å²) in [5.74, 6) is 0. The minimum Gasteiger partial charge on any atom is -0.376 e. The van der Waals surface area contributed by atoms with Crippen LogP contribution in [0.15, 0.2) is 60.7 Å². The summed E-state index contributed by atoms with van der Waals surface area (Å²) in [6.45, 7) is 1.29. The molecule has 1 N–H and O–H groups in total. The van der Waals surface area contributed by atoms with Crippen LogP contribution in [0.5, 0.6) is 0 Å². The molecule has 1 saturated heterocycles. The zero-order valence-corrected chi connectivity index (χ0v) is 15.0. The third kappa shape index (κ3) is 5.37. The number of benzene rings is 2. The molecule has 0 amide bonds. The molecule has 0 aliphatic carbocycles. The molecule has 26 heavy (non-hydrogen) atoms. The second kappa shape index (κ2) is 9.80. The molecule has 0 radical (unpaired) electrons. The second-order valence-electron chi connectivity index (χ2n) is 6.40. The Bertz CT molecular complexity index is 633. The highest BCUT2D eigenvalue weighted by atomic mass is 16.6. The lowest BCUT2D eigenvalue weighted by molar-refractivity contribution is -0.258. The van der Waals surface area contributed by atoms with Crippen LogP contribution in [0.3, 0.4) is 0 Å². The van der Waals surface area contributed by atoms with Gasteiger partial charge in [0.1, 0.15) is 12.2 Å². The van der Waals surface area contributed by atoms with Crippen molar-refractivity contribution in [2.75, 3.05) is 13.7 Å². The van der Waals surface area contributed by atoms with Crippen molar-refractivity contribution in [1.29, 1.82) is 0 Å². The average molecular weight is 358 g/mol. The molecule has 1 fully saturated rings. The van der Waals surface area contributed by atoms with Crippen LogP contribution >= 0.6 is 0 Å². The first-order valence-corrected chi connectivity index (χ1v) is 8.90. The molecule has 1 aliphatic heterocycles. The third-order valence-corrected chi connectivity index (χ3v) is 4.47. The van der Waals surface area contributed by atoms with Crippen molar-refractivity contribution in [3.05, 3.63) is 71.8 Å². The van der Waals surface area contributed by atoms with Crippen LogP contribution < -0.4 is 0 Å². The summed E-state index contributed by atoms with van der Waals surface area (Å²) in [6, 6.07) is 19.9. The van der Waals surface area contributed by atoms with Gasteiger partial charge in [-0.05, 0) is 11.1 Å². The highest BCUT2D eigenvalue weighted by molar-refractivity contribution is 5.14. The topological polar surface area (TPSA) is 57.2 Å². The molecule has 0 bridgehead atoms. The van der Waals surface area contributed by atoms with E-state index in [9.17, 15) is 5.11 Å². The molecule has 140 valence electrons. The van der Waals surface area contributed by atoms with E-state index in [0.717, 1.165) is 11.1 Å². The largest absolute Gasteiger partial charge is 0.376 e. The van der Waals surface area contributed by atoms with Crippen LogP contribution in [0.4, 0.5) is 0 Å². The maximum atomic E-state index is 10.1. The van der Waals surface area contributed by atoms with E-state index in [-0.39, 0.29) is 18.3 Å². The Hall–Kier alpha value is -1.76. The first kappa shape index (κ1) is 19.0. The zero-order valence-electron chi connectivity index (χ0n) is 15.0. The number of methoxy groups -OCH3 is 1. The van der Waals surface area contributed by atoms with Crippen molar-refractivity contribution < 1.29 is 24.1 Å². The molecule has 2 aromatic rings. The highest BCUT2D eigenvalue weighted by Gasteiger charge is 2.39. The normalized spacial score (nSPS) is 25.9. The first-order valence-electron chi connectivity index (χ1n) is 8.90. The molecule has 2 aromatic carbocycles. The van der Waals surface area contributed by atoms with E-state index in [1.54, 1.807) is 7.11 Å². The quantitative estimate of drug-likeness (QED) is 0.786. The molecular weight excluding hydrogens is 332 g/mol. The molecule has 1 heterocycles. The van der Waals surface area contributed by atoms with Gasteiger partial charge in [-0.1, -0.05) is 60.7 Å². The van der Waals surface area contributed by atoms with Crippen molar-refractivity contribution in [2.45, 2.75) is 44.2 Å². The number of aliphatic hydroxyl groups is 1. The van der Waals surface area contributed by atoms with Gasteiger partial charge in [0.25, 0.3) is 0 Å². The molecule has 1 unspecified atom stereocenters. The van der Waals surface area contributed by atoms with Crippen LogP contribution in [0.1, 0.15) is 17.5 Å². The predicted octanol–water partition coefficient (Wildman–Crippen LogP) is 2.91. The first-order chi connectivity index (χ1) is 12.8. The maximum absolute atomic E-state index is 10.1. The minimum atomic E-state index is -0.882. The molecule has 1 aliphatic rings. The van der Waals surface area contributed by atoms with Crippen LogP contribution in [0.25, 0.3) is 0 Å². The fourth-order valence-corrected chi connectivity index (χ4v) is 3.15. The smallest absolute Gasteiger partial charge is 0.157 e. The lowest BCUT2D eigenvalue weighted by atomic mass is 10.0. The Morgan fingerprint density at radius 2 is 1.58 bits per heavy atom. The van der Waals surface area contributed by atoms with Gasteiger partial charge in [0.15, 0.2) is 6.29 Å².